The Balaban J connectivity index is 1.26. The van der Waals surface area contributed by atoms with Gasteiger partial charge in [0.25, 0.3) is 5.89 Å². The zero-order valence-electron chi connectivity index (χ0n) is 18.1. The van der Waals surface area contributed by atoms with Crippen LogP contribution in [0.2, 0.25) is 5.02 Å². The Kier molecular flexibility index (Phi) is 7.84. The van der Waals surface area contributed by atoms with Crippen molar-refractivity contribution in [1.82, 2.24) is 19.9 Å². The molecule has 0 bridgehead atoms. The molecule has 1 aromatic heterocycles. The zero-order valence-corrected chi connectivity index (χ0v) is 19.7. The molecule has 2 heterocycles. The SMILES string of the molecule is CC(CC(=O)N1CCCN(Cc2noc(-c3ccccc3)n2)CC1)Sc1ccc(Cl)cc1. The molecule has 1 aliphatic rings. The van der Waals surface area contributed by atoms with Gasteiger partial charge in [0.05, 0.1) is 6.54 Å². The first-order valence-corrected chi connectivity index (χ1v) is 12.1. The van der Waals surface area contributed by atoms with Gasteiger partial charge in [0, 0.05) is 53.3 Å². The van der Waals surface area contributed by atoms with Gasteiger partial charge in [-0.25, -0.2) is 0 Å². The Morgan fingerprint density at radius 2 is 1.88 bits per heavy atom. The van der Waals surface area contributed by atoms with Gasteiger partial charge in [0.15, 0.2) is 5.82 Å². The van der Waals surface area contributed by atoms with Crippen molar-refractivity contribution < 1.29 is 9.32 Å². The van der Waals surface area contributed by atoms with Crippen molar-refractivity contribution in [1.29, 1.82) is 0 Å². The van der Waals surface area contributed by atoms with Crippen LogP contribution in [-0.4, -0.2) is 57.3 Å². The van der Waals surface area contributed by atoms with Crippen molar-refractivity contribution in [2.75, 3.05) is 26.2 Å². The van der Waals surface area contributed by atoms with E-state index in [9.17, 15) is 4.79 Å². The van der Waals surface area contributed by atoms with Crippen LogP contribution in [0.4, 0.5) is 0 Å². The fourth-order valence-corrected chi connectivity index (χ4v) is 4.87. The quantitative estimate of drug-likeness (QED) is 0.453. The molecule has 1 atom stereocenters. The molecule has 0 spiro atoms. The molecule has 8 heteroatoms. The summed E-state index contributed by atoms with van der Waals surface area (Å²) in [6.45, 7) is 5.95. The number of thioether (sulfide) groups is 1. The topological polar surface area (TPSA) is 62.5 Å². The summed E-state index contributed by atoms with van der Waals surface area (Å²) < 4.78 is 5.42. The van der Waals surface area contributed by atoms with Crippen LogP contribution < -0.4 is 0 Å². The number of carbonyl (C=O) groups is 1. The Morgan fingerprint density at radius 1 is 1.09 bits per heavy atom. The van der Waals surface area contributed by atoms with Gasteiger partial charge in [0.1, 0.15) is 0 Å². The highest BCUT2D eigenvalue weighted by atomic mass is 35.5. The van der Waals surface area contributed by atoms with E-state index in [1.807, 2.05) is 59.5 Å². The fraction of sp³-hybridized carbons (Fsp3) is 0.375. The second-order valence-corrected chi connectivity index (χ2v) is 9.93. The Bertz CT molecular complexity index is 1010. The number of rotatable bonds is 7. The van der Waals surface area contributed by atoms with Gasteiger partial charge in [-0.1, -0.05) is 41.9 Å². The summed E-state index contributed by atoms with van der Waals surface area (Å²) in [7, 11) is 0. The summed E-state index contributed by atoms with van der Waals surface area (Å²) in [5, 5.41) is 5.07. The highest BCUT2D eigenvalue weighted by Gasteiger charge is 2.22. The van der Waals surface area contributed by atoms with Crippen LogP contribution in [0, 0.1) is 0 Å². The third-order valence-corrected chi connectivity index (χ3v) is 6.77. The first kappa shape index (κ1) is 22.8. The number of benzene rings is 2. The predicted molar refractivity (Wildman–Crippen MR) is 128 cm³/mol. The number of hydrogen-bond acceptors (Lipinski definition) is 6. The van der Waals surface area contributed by atoms with Crippen molar-refractivity contribution in [3.63, 3.8) is 0 Å². The Hall–Kier alpha value is -2.35. The van der Waals surface area contributed by atoms with E-state index in [0.717, 1.165) is 48.1 Å². The first-order chi connectivity index (χ1) is 15.6. The Morgan fingerprint density at radius 3 is 2.66 bits per heavy atom. The average molecular weight is 471 g/mol. The van der Waals surface area contributed by atoms with Crippen molar-refractivity contribution in [3.05, 3.63) is 65.4 Å². The number of carbonyl (C=O) groups excluding carboxylic acids is 1. The van der Waals surface area contributed by atoms with Gasteiger partial charge in [-0.15, -0.1) is 11.8 Å². The molecule has 1 aliphatic heterocycles. The lowest BCUT2D eigenvalue weighted by Gasteiger charge is -2.23. The first-order valence-electron chi connectivity index (χ1n) is 10.9. The van der Waals surface area contributed by atoms with Crippen molar-refractivity contribution in [2.24, 2.45) is 0 Å². The smallest absolute Gasteiger partial charge is 0.257 e. The summed E-state index contributed by atoms with van der Waals surface area (Å²) >= 11 is 7.66. The standard InChI is InChI=1S/C24H27ClN4O2S/c1-18(32-21-10-8-20(25)9-11-21)16-23(30)29-13-5-12-28(14-15-29)17-22-26-24(31-27-22)19-6-3-2-4-7-19/h2-4,6-11,18H,5,12-17H2,1H3. The molecular weight excluding hydrogens is 444 g/mol. The van der Waals surface area contributed by atoms with Crippen LogP contribution in [-0.2, 0) is 11.3 Å². The van der Waals surface area contributed by atoms with Crippen LogP contribution in [0.3, 0.4) is 0 Å². The van der Waals surface area contributed by atoms with E-state index < -0.39 is 0 Å². The maximum Gasteiger partial charge on any atom is 0.257 e. The molecule has 0 radical (unpaired) electrons. The largest absolute Gasteiger partial charge is 0.341 e. The molecule has 0 aliphatic carbocycles. The molecule has 1 amide bonds. The fourth-order valence-electron chi connectivity index (χ4n) is 3.76. The van der Waals surface area contributed by atoms with E-state index in [1.54, 1.807) is 11.8 Å². The van der Waals surface area contributed by atoms with Gasteiger partial charge < -0.3 is 9.42 Å². The summed E-state index contributed by atoms with van der Waals surface area (Å²) in [5.74, 6) is 1.43. The van der Waals surface area contributed by atoms with Crippen molar-refractivity contribution >= 4 is 29.3 Å². The number of aromatic nitrogens is 2. The average Bonchev–Trinajstić information content (AvgIpc) is 3.13. The lowest BCUT2D eigenvalue weighted by atomic mass is 10.2. The number of halogens is 1. The van der Waals surface area contributed by atoms with Gasteiger partial charge >= 0.3 is 0 Å². The molecule has 32 heavy (non-hydrogen) atoms. The molecule has 4 rings (SSSR count). The van der Waals surface area contributed by atoms with Crippen molar-refractivity contribution in [2.45, 2.75) is 36.5 Å². The molecule has 0 saturated carbocycles. The van der Waals surface area contributed by atoms with Crippen LogP contribution >= 0.6 is 23.4 Å². The number of hydrogen-bond donors (Lipinski definition) is 0. The normalized spacial score (nSPS) is 16.0. The van der Waals surface area contributed by atoms with Gasteiger partial charge in [-0.3, -0.25) is 9.69 Å². The summed E-state index contributed by atoms with van der Waals surface area (Å²) in [6, 6.07) is 17.5. The molecule has 168 valence electrons. The summed E-state index contributed by atoms with van der Waals surface area (Å²) in [4.78, 5) is 22.8. The van der Waals surface area contributed by atoms with Crippen LogP contribution in [0.15, 0.2) is 64.0 Å². The van der Waals surface area contributed by atoms with Gasteiger partial charge in [-0.2, -0.15) is 4.98 Å². The molecule has 1 saturated heterocycles. The molecule has 1 unspecified atom stereocenters. The third kappa shape index (κ3) is 6.34. The molecule has 2 aromatic carbocycles. The van der Waals surface area contributed by atoms with Crippen LogP contribution in [0.25, 0.3) is 11.5 Å². The molecule has 1 fully saturated rings. The summed E-state index contributed by atoms with van der Waals surface area (Å²) in [6.07, 6.45) is 1.46. The Labute approximate surface area is 197 Å². The minimum absolute atomic E-state index is 0.207. The molecule has 6 nitrogen and oxygen atoms in total. The summed E-state index contributed by atoms with van der Waals surface area (Å²) in [5.41, 5.74) is 0.921. The number of nitrogens with zero attached hydrogens (tertiary/aromatic N) is 4. The van der Waals surface area contributed by atoms with Crippen LogP contribution in [0.5, 0.6) is 0 Å². The van der Waals surface area contributed by atoms with Gasteiger partial charge in [0.2, 0.25) is 5.91 Å². The van der Waals surface area contributed by atoms with Gasteiger partial charge in [-0.05, 0) is 42.8 Å². The predicted octanol–water partition coefficient (Wildman–Crippen LogP) is 5.00. The van der Waals surface area contributed by atoms with E-state index >= 15 is 0 Å². The molecule has 3 aromatic rings. The lowest BCUT2D eigenvalue weighted by molar-refractivity contribution is -0.131. The zero-order chi connectivity index (χ0) is 22.3. The van der Waals surface area contributed by atoms with E-state index in [-0.39, 0.29) is 11.2 Å². The monoisotopic (exact) mass is 470 g/mol. The molecule has 0 N–H and O–H groups in total. The van der Waals surface area contributed by atoms with E-state index in [2.05, 4.69) is 22.0 Å². The van der Waals surface area contributed by atoms with Crippen molar-refractivity contribution in [3.8, 4) is 11.5 Å². The maximum atomic E-state index is 12.9. The minimum atomic E-state index is 0.207. The van der Waals surface area contributed by atoms with E-state index in [4.69, 9.17) is 16.1 Å². The molecular formula is C24H27ClN4O2S. The lowest BCUT2D eigenvalue weighted by Crippen LogP contribution is -2.36. The highest BCUT2D eigenvalue weighted by molar-refractivity contribution is 8.00. The second-order valence-electron chi connectivity index (χ2n) is 7.98. The highest BCUT2D eigenvalue weighted by Crippen LogP contribution is 2.27. The number of amides is 1. The van der Waals surface area contributed by atoms with E-state index in [1.165, 1.54) is 0 Å². The minimum Gasteiger partial charge on any atom is -0.341 e. The second kappa shape index (κ2) is 11.0. The maximum absolute atomic E-state index is 12.9. The van der Waals surface area contributed by atoms with E-state index in [0.29, 0.717) is 24.7 Å². The van der Waals surface area contributed by atoms with Crippen LogP contribution in [0.1, 0.15) is 25.6 Å². The third-order valence-electron chi connectivity index (χ3n) is 5.41.